The number of ketones is 1. The van der Waals surface area contributed by atoms with E-state index in [1.54, 1.807) is 0 Å². The summed E-state index contributed by atoms with van der Waals surface area (Å²) in [6.07, 6.45) is 6.79. The van der Waals surface area contributed by atoms with Gasteiger partial charge in [0.25, 0.3) is 0 Å². The van der Waals surface area contributed by atoms with Gasteiger partial charge in [0, 0.05) is 60.7 Å². The third-order valence-electron chi connectivity index (χ3n) is 11.5. The van der Waals surface area contributed by atoms with E-state index in [4.69, 9.17) is 13.5 Å². The molecule has 0 atom stereocenters. The second-order valence-corrected chi connectivity index (χ2v) is 25.1. The standard InChI is InChI=1S/C35H34NO2Si2.C13H24O2.Ir/c1-35(2,3)29-19-25(18-24-10-8-9-11-26(24)29)33-34-28(16-17-36-33)27-14-12-22(20-30(27)37-34)23-13-15-31-32(21-23)40(6,7)38-39(31,4)5;1-5-10(6-2)12(14)9-13(15)11(7-3)8-4;/h8-17,19-21H,1-7H3;9-11,14H,5-8H2,1-4H3;/q-1;;/b;12-9-;. The van der Waals surface area contributed by atoms with Gasteiger partial charge < -0.3 is 13.6 Å². The number of carbonyl (C=O) groups excluding carboxylic acids is 1. The van der Waals surface area contributed by atoms with Crippen molar-refractivity contribution in [1.82, 2.24) is 4.98 Å². The molecule has 3 heterocycles. The summed E-state index contributed by atoms with van der Waals surface area (Å²) >= 11 is 0. The van der Waals surface area contributed by atoms with Crippen LogP contribution >= 0.6 is 0 Å². The molecule has 0 amide bonds. The van der Waals surface area contributed by atoms with Crippen molar-refractivity contribution in [2.75, 3.05) is 0 Å². The summed E-state index contributed by atoms with van der Waals surface area (Å²) in [5.74, 6) is 0.547. The predicted octanol–water partition coefficient (Wildman–Crippen LogP) is 12.3. The largest absolute Gasteiger partial charge is 0.512 e. The van der Waals surface area contributed by atoms with Crippen LogP contribution in [0.1, 0.15) is 79.7 Å². The van der Waals surface area contributed by atoms with Crippen LogP contribution < -0.4 is 10.4 Å². The zero-order chi connectivity index (χ0) is 39.9. The van der Waals surface area contributed by atoms with E-state index in [9.17, 15) is 9.90 Å². The van der Waals surface area contributed by atoms with E-state index >= 15 is 0 Å². The SMILES string of the molecule is CC(C)(C)c1cc(-c2nccc3c2oc2cc(-c4ccc5c(c4)[Si](C)(C)O[Si]5(C)C)ccc23)[c-]c2ccccc12.CCC(CC)C(=O)/C=C(\O)C(CC)CC.[Ir]. The van der Waals surface area contributed by atoms with Gasteiger partial charge >= 0.3 is 0 Å². The molecule has 297 valence electrons. The first-order chi connectivity index (χ1) is 26.0. The number of fused-ring (bicyclic) bond motifs is 5. The van der Waals surface area contributed by atoms with Crippen LogP contribution in [-0.4, -0.2) is 32.5 Å². The van der Waals surface area contributed by atoms with Crippen LogP contribution in [0.5, 0.6) is 0 Å². The van der Waals surface area contributed by atoms with Crippen molar-refractivity contribution in [2.45, 2.75) is 106 Å². The molecule has 0 bridgehead atoms. The summed E-state index contributed by atoms with van der Waals surface area (Å²) < 4.78 is 13.3. The third-order valence-corrected chi connectivity index (χ3v) is 19.2. The molecule has 0 fully saturated rings. The Kier molecular flexibility index (Phi) is 13.2. The summed E-state index contributed by atoms with van der Waals surface area (Å²) in [6.45, 7) is 24.1. The van der Waals surface area contributed by atoms with Crippen LogP contribution in [0.25, 0.3) is 55.1 Å². The Morgan fingerprint density at radius 1 is 0.786 bits per heavy atom. The van der Waals surface area contributed by atoms with Gasteiger partial charge in [0.1, 0.15) is 11.2 Å². The molecule has 1 aliphatic heterocycles. The molecule has 0 unspecified atom stereocenters. The molecule has 6 aromatic rings. The van der Waals surface area contributed by atoms with E-state index in [0.717, 1.165) is 69.8 Å². The number of rotatable bonds is 9. The molecule has 0 saturated carbocycles. The van der Waals surface area contributed by atoms with Gasteiger partial charge in [-0.3, -0.25) is 9.78 Å². The fourth-order valence-electron chi connectivity index (χ4n) is 8.33. The molecule has 1 aliphatic rings. The Bertz CT molecular complexity index is 2400. The van der Waals surface area contributed by atoms with E-state index in [2.05, 4.69) is 126 Å². The Morgan fingerprint density at radius 3 is 2.07 bits per heavy atom. The number of furan rings is 1. The number of carbonyl (C=O) groups is 1. The monoisotopic (exact) mass is 961 g/mol. The summed E-state index contributed by atoms with van der Waals surface area (Å²) in [5.41, 5.74) is 7.13. The van der Waals surface area contributed by atoms with E-state index in [1.807, 2.05) is 33.9 Å². The van der Waals surface area contributed by atoms with Crippen molar-refractivity contribution in [1.29, 1.82) is 0 Å². The van der Waals surface area contributed by atoms with E-state index in [0.29, 0.717) is 0 Å². The van der Waals surface area contributed by atoms with Gasteiger partial charge in [0.15, 0.2) is 5.78 Å². The first-order valence-electron chi connectivity index (χ1n) is 20.1. The summed E-state index contributed by atoms with van der Waals surface area (Å²) in [5, 5.41) is 17.2. The normalized spacial score (nSPS) is 14.9. The summed E-state index contributed by atoms with van der Waals surface area (Å²) in [7, 11) is -3.72. The minimum atomic E-state index is -1.90. The maximum atomic E-state index is 11.7. The Hall–Kier alpha value is -3.66. The van der Waals surface area contributed by atoms with Crippen molar-refractivity contribution >= 4 is 65.5 Å². The van der Waals surface area contributed by atoms with Crippen molar-refractivity contribution in [2.24, 2.45) is 11.8 Å². The molecule has 0 aliphatic carbocycles. The van der Waals surface area contributed by atoms with Gasteiger partial charge in [-0.1, -0.05) is 102 Å². The zero-order valence-corrected chi connectivity index (χ0v) is 39.4. The maximum Gasteiger partial charge on any atom is 0.206 e. The zero-order valence-electron chi connectivity index (χ0n) is 35.0. The number of pyridine rings is 1. The number of aliphatic hydroxyl groups excluding tert-OH is 1. The van der Waals surface area contributed by atoms with Gasteiger partial charge in [-0.2, -0.15) is 0 Å². The molecule has 2 aromatic heterocycles. The van der Waals surface area contributed by atoms with Crippen LogP contribution in [0.4, 0.5) is 0 Å². The average Bonchev–Trinajstić information content (AvgIpc) is 3.61. The molecule has 4 aromatic carbocycles. The Morgan fingerprint density at radius 2 is 1.41 bits per heavy atom. The first-order valence-corrected chi connectivity index (χ1v) is 25.9. The van der Waals surface area contributed by atoms with Crippen LogP contribution in [0.3, 0.4) is 0 Å². The van der Waals surface area contributed by atoms with E-state index in [1.165, 1.54) is 33.0 Å². The second-order valence-electron chi connectivity index (χ2n) is 17.1. The van der Waals surface area contributed by atoms with Gasteiger partial charge in [0.2, 0.25) is 16.6 Å². The predicted molar refractivity (Wildman–Crippen MR) is 237 cm³/mol. The average molecular weight is 961 g/mol. The minimum Gasteiger partial charge on any atom is -0.512 e. The van der Waals surface area contributed by atoms with Crippen molar-refractivity contribution in [3.05, 3.63) is 102 Å². The number of aromatic nitrogens is 1. The Balaban J connectivity index is 0.000000322. The van der Waals surface area contributed by atoms with E-state index in [-0.39, 0.29) is 48.9 Å². The molecule has 1 radical (unpaired) electrons. The van der Waals surface area contributed by atoms with Crippen molar-refractivity contribution in [3.63, 3.8) is 0 Å². The number of benzene rings is 4. The van der Waals surface area contributed by atoms with Gasteiger partial charge in [-0.25, -0.2) is 0 Å². The van der Waals surface area contributed by atoms with Gasteiger partial charge in [-0.05, 0) is 97.0 Å². The van der Waals surface area contributed by atoms with Crippen molar-refractivity contribution in [3.8, 4) is 22.4 Å². The van der Waals surface area contributed by atoms with Crippen LogP contribution in [-0.2, 0) is 34.4 Å². The summed E-state index contributed by atoms with van der Waals surface area (Å²) in [6, 6.07) is 30.0. The molecular formula is C48H58IrNO4Si2-. The smallest absolute Gasteiger partial charge is 0.206 e. The Labute approximate surface area is 349 Å². The van der Waals surface area contributed by atoms with Gasteiger partial charge in [-0.15, -0.1) is 29.1 Å². The number of allylic oxidation sites excluding steroid dienone is 2. The number of aliphatic hydroxyl groups is 1. The second kappa shape index (κ2) is 17.1. The fourth-order valence-corrected chi connectivity index (χ4v) is 18.6. The number of hydrogen-bond donors (Lipinski definition) is 1. The number of nitrogens with zero attached hydrogens (tertiary/aromatic N) is 1. The molecule has 0 spiro atoms. The molecule has 5 nitrogen and oxygen atoms in total. The van der Waals surface area contributed by atoms with Crippen LogP contribution in [0.15, 0.2) is 95.2 Å². The van der Waals surface area contributed by atoms with Crippen molar-refractivity contribution < 1.29 is 38.5 Å². The molecule has 7 rings (SSSR count). The number of hydrogen-bond acceptors (Lipinski definition) is 5. The first kappa shape index (κ1) is 43.5. The molecule has 0 saturated heterocycles. The minimum absolute atomic E-state index is 0. The molecule has 56 heavy (non-hydrogen) atoms. The van der Waals surface area contributed by atoms with Gasteiger partial charge in [0.05, 0.1) is 5.76 Å². The topological polar surface area (TPSA) is 72.6 Å². The quantitative estimate of drug-likeness (QED) is 0.0676. The van der Waals surface area contributed by atoms with E-state index < -0.39 is 16.6 Å². The molecular weight excluding hydrogens is 903 g/mol. The van der Waals surface area contributed by atoms with Crippen LogP contribution in [0.2, 0.25) is 26.2 Å². The van der Waals surface area contributed by atoms with Crippen LogP contribution in [0, 0.1) is 17.9 Å². The summed E-state index contributed by atoms with van der Waals surface area (Å²) in [4.78, 5) is 16.5. The maximum absolute atomic E-state index is 11.7. The third kappa shape index (κ3) is 8.61. The molecule has 1 N–H and O–H groups in total. The molecule has 8 heteroatoms. The fraction of sp³-hybridized carbons (Fsp3) is 0.375.